The summed E-state index contributed by atoms with van der Waals surface area (Å²) in [4.78, 5) is 14.2. The van der Waals surface area contributed by atoms with Crippen molar-refractivity contribution in [3.63, 3.8) is 0 Å². The predicted octanol–water partition coefficient (Wildman–Crippen LogP) is 3.04. The van der Waals surface area contributed by atoms with Gasteiger partial charge < -0.3 is 20.1 Å². The number of piperidine rings is 1. The second kappa shape index (κ2) is 12.2. The number of carbonyl (C=O) groups is 1. The fourth-order valence-electron chi connectivity index (χ4n) is 3.35. The first-order valence-corrected chi connectivity index (χ1v) is 9.38. The molecule has 1 atom stereocenters. The molecule has 0 bridgehead atoms. The Hall–Kier alpha value is -1.30. The van der Waals surface area contributed by atoms with Crippen LogP contribution in [0.1, 0.15) is 38.2 Å². The highest BCUT2D eigenvalue weighted by molar-refractivity contribution is 5.85. The minimum atomic E-state index is -0.162. The molecule has 1 saturated heterocycles. The summed E-state index contributed by atoms with van der Waals surface area (Å²) in [5, 5.41) is 0. The standard InChI is InChI=1S/C20H32N2O3.ClH/c1-3-25-18-8-6-16(7-9-18)4-5-17-10-12-22(13-11-17)20(23)14-19(15-21)24-2;/h6-9,17,19H,3-5,10-15,21H2,1-2H3;1H. The van der Waals surface area contributed by atoms with E-state index < -0.39 is 0 Å². The molecule has 1 fully saturated rings. The van der Waals surface area contributed by atoms with Crippen LogP contribution in [0.3, 0.4) is 0 Å². The topological polar surface area (TPSA) is 64.8 Å². The summed E-state index contributed by atoms with van der Waals surface area (Å²) in [6.45, 7) is 4.80. The maximum atomic E-state index is 12.3. The Morgan fingerprint density at radius 3 is 2.46 bits per heavy atom. The number of aryl methyl sites for hydroxylation is 1. The van der Waals surface area contributed by atoms with E-state index in [0.717, 1.165) is 38.1 Å². The molecule has 0 aromatic heterocycles. The quantitative estimate of drug-likeness (QED) is 0.710. The second-order valence-electron chi connectivity index (χ2n) is 6.74. The van der Waals surface area contributed by atoms with E-state index in [1.54, 1.807) is 7.11 Å². The molecule has 2 N–H and O–H groups in total. The molecule has 1 aliphatic heterocycles. The van der Waals surface area contributed by atoms with Gasteiger partial charge in [0.05, 0.1) is 19.1 Å². The van der Waals surface area contributed by atoms with Crippen LogP contribution in [0.4, 0.5) is 0 Å². The first-order valence-electron chi connectivity index (χ1n) is 9.38. The Morgan fingerprint density at radius 1 is 1.27 bits per heavy atom. The van der Waals surface area contributed by atoms with Crippen molar-refractivity contribution < 1.29 is 14.3 Å². The van der Waals surface area contributed by atoms with Crippen LogP contribution in [0, 0.1) is 5.92 Å². The number of hydrogen-bond acceptors (Lipinski definition) is 4. The lowest BCUT2D eigenvalue weighted by Gasteiger charge is -2.32. The first-order chi connectivity index (χ1) is 12.2. The molecule has 1 aliphatic rings. The van der Waals surface area contributed by atoms with E-state index in [9.17, 15) is 4.79 Å². The van der Waals surface area contributed by atoms with Gasteiger partial charge in [0.2, 0.25) is 5.91 Å². The molecule has 1 aromatic rings. The van der Waals surface area contributed by atoms with Gasteiger partial charge in [-0.2, -0.15) is 0 Å². The summed E-state index contributed by atoms with van der Waals surface area (Å²) < 4.78 is 10.7. The van der Waals surface area contributed by atoms with E-state index >= 15 is 0 Å². The highest BCUT2D eigenvalue weighted by Crippen LogP contribution is 2.24. The molecule has 26 heavy (non-hydrogen) atoms. The number of hydrogen-bond donors (Lipinski definition) is 1. The average Bonchev–Trinajstić information content (AvgIpc) is 2.66. The van der Waals surface area contributed by atoms with E-state index in [0.29, 0.717) is 25.5 Å². The van der Waals surface area contributed by atoms with Gasteiger partial charge >= 0.3 is 0 Å². The molecule has 1 heterocycles. The Labute approximate surface area is 163 Å². The minimum absolute atomic E-state index is 0. The molecule has 0 aliphatic carbocycles. The van der Waals surface area contributed by atoms with Crippen molar-refractivity contribution in [1.29, 1.82) is 0 Å². The van der Waals surface area contributed by atoms with Gasteiger partial charge in [0.1, 0.15) is 5.75 Å². The molecule has 1 amide bonds. The Kier molecular flexibility index (Phi) is 10.6. The molecular weight excluding hydrogens is 352 g/mol. The summed E-state index contributed by atoms with van der Waals surface area (Å²) in [5.74, 6) is 1.80. The minimum Gasteiger partial charge on any atom is -0.494 e. The van der Waals surface area contributed by atoms with E-state index in [-0.39, 0.29) is 24.4 Å². The van der Waals surface area contributed by atoms with E-state index in [2.05, 4.69) is 12.1 Å². The van der Waals surface area contributed by atoms with Gasteiger partial charge in [-0.1, -0.05) is 12.1 Å². The second-order valence-corrected chi connectivity index (χ2v) is 6.74. The van der Waals surface area contributed by atoms with Crippen molar-refractivity contribution in [2.75, 3.05) is 33.4 Å². The number of carbonyl (C=O) groups excluding carboxylic acids is 1. The molecule has 0 spiro atoms. The van der Waals surface area contributed by atoms with Gasteiger partial charge in [-0.3, -0.25) is 4.79 Å². The van der Waals surface area contributed by atoms with Gasteiger partial charge in [0, 0.05) is 26.7 Å². The van der Waals surface area contributed by atoms with E-state index in [1.807, 2.05) is 24.0 Å². The molecule has 1 aromatic carbocycles. The molecule has 2 rings (SSSR count). The Morgan fingerprint density at radius 2 is 1.92 bits per heavy atom. The third-order valence-corrected chi connectivity index (χ3v) is 5.04. The number of likely N-dealkylation sites (tertiary alicyclic amines) is 1. The maximum absolute atomic E-state index is 12.3. The summed E-state index contributed by atoms with van der Waals surface area (Å²) in [7, 11) is 1.61. The molecular formula is C20H33ClN2O3. The van der Waals surface area contributed by atoms with Crippen molar-refractivity contribution in [3.05, 3.63) is 29.8 Å². The monoisotopic (exact) mass is 384 g/mol. The highest BCUT2D eigenvalue weighted by Gasteiger charge is 2.24. The normalized spacial score (nSPS) is 16.0. The van der Waals surface area contributed by atoms with Crippen molar-refractivity contribution in [3.8, 4) is 5.75 Å². The fraction of sp³-hybridized carbons (Fsp3) is 0.650. The molecule has 6 heteroatoms. The van der Waals surface area contributed by atoms with Crippen LogP contribution in [0.5, 0.6) is 5.75 Å². The van der Waals surface area contributed by atoms with Gasteiger partial charge in [-0.25, -0.2) is 0 Å². The molecule has 0 radical (unpaired) electrons. The third-order valence-electron chi connectivity index (χ3n) is 5.04. The number of rotatable bonds is 9. The Bertz CT molecular complexity index is 512. The molecule has 148 valence electrons. The van der Waals surface area contributed by atoms with Gasteiger partial charge in [0.15, 0.2) is 0 Å². The molecule has 0 saturated carbocycles. The summed E-state index contributed by atoms with van der Waals surface area (Å²) >= 11 is 0. The largest absolute Gasteiger partial charge is 0.494 e. The number of nitrogens with two attached hydrogens (primary N) is 1. The van der Waals surface area contributed by atoms with Crippen molar-refractivity contribution in [2.24, 2.45) is 11.7 Å². The highest BCUT2D eigenvalue weighted by atomic mass is 35.5. The zero-order valence-electron chi connectivity index (χ0n) is 16.0. The zero-order chi connectivity index (χ0) is 18.1. The van der Waals surface area contributed by atoms with Crippen molar-refractivity contribution >= 4 is 18.3 Å². The van der Waals surface area contributed by atoms with Crippen LogP contribution in [0.15, 0.2) is 24.3 Å². The van der Waals surface area contributed by atoms with Crippen LogP contribution in [0.2, 0.25) is 0 Å². The lowest BCUT2D eigenvalue weighted by molar-refractivity contribution is -0.135. The maximum Gasteiger partial charge on any atom is 0.225 e. The SMILES string of the molecule is CCOc1ccc(CCC2CCN(C(=O)CC(CN)OC)CC2)cc1.Cl. The van der Waals surface area contributed by atoms with Crippen LogP contribution < -0.4 is 10.5 Å². The summed E-state index contributed by atoms with van der Waals surface area (Å²) in [5.41, 5.74) is 6.96. The van der Waals surface area contributed by atoms with Crippen LogP contribution in [-0.4, -0.2) is 50.3 Å². The molecule has 1 unspecified atom stereocenters. The van der Waals surface area contributed by atoms with Gasteiger partial charge in [-0.05, 0) is 56.2 Å². The lowest BCUT2D eigenvalue weighted by atomic mass is 9.90. The summed E-state index contributed by atoms with van der Waals surface area (Å²) in [6.07, 6.45) is 4.67. The number of amides is 1. The van der Waals surface area contributed by atoms with Gasteiger partial charge in [0.25, 0.3) is 0 Å². The lowest BCUT2D eigenvalue weighted by Crippen LogP contribution is -2.41. The molecule has 5 nitrogen and oxygen atoms in total. The van der Waals surface area contributed by atoms with Crippen molar-refractivity contribution in [2.45, 2.75) is 45.1 Å². The average molecular weight is 385 g/mol. The number of ether oxygens (including phenoxy) is 2. The number of nitrogens with zero attached hydrogens (tertiary/aromatic N) is 1. The van der Waals surface area contributed by atoms with Crippen molar-refractivity contribution in [1.82, 2.24) is 4.90 Å². The number of methoxy groups -OCH3 is 1. The Balaban J connectivity index is 0.00000338. The summed E-state index contributed by atoms with van der Waals surface area (Å²) in [6, 6.07) is 8.40. The van der Waals surface area contributed by atoms with E-state index in [1.165, 1.54) is 12.0 Å². The van der Waals surface area contributed by atoms with E-state index in [4.69, 9.17) is 15.2 Å². The smallest absolute Gasteiger partial charge is 0.225 e. The third kappa shape index (κ3) is 7.14. The number of halogens is 1. The van der Waals surface area contributed by atoms with Crippen LogP contribution in [-0.2, 0) is 16.0 Å². The van der Waals surface area contributed by atoms with Crippen LogP contribution >= 0.6 is 12.4 Å². The first kappa shape index (κ1) is 22.7. The van der Waals surface area contributed by atoms with Gasteiger partial charge in [-0.15, -0.1) is 12.4 Å². The van der Waals surface area contributed by atoms with Crippen LogP contribution in [0.25, 0.3) is 0 Å². The fourth-order valence-corrected chi connectivity index (χ4v) is 3.35. The zero-order valence-corrected chi connectivity index (χ0v) is 16.8. The predicted molar refractivity (Wildman–Crippen MR) is 107 cm³/mol. The number of benzene rings is 1.